The standard InChI is InChI=1S/C27H27N7O3/c28-12-6-14-30-25(36)27(17-32-24(35)11-13-29,21-16-31-22-10-5-4-9-19(21)22)34-26(37)33-23-15-20(23)18-7-2-1-3-8-18/h1-5,7-10,16,20,23,31H,6,11,14-15,17H2,(H,30,36)(H,32,35)(H2,33,34,37). The van der Waals surface area contributed by atoms with E-state index in [9.17, 15) is 14.4 Å². The van der Waals surface area contributed by atoms with E-state index in [4.69, 9.17) is 10.5 Å². The lowest BCUT2D eigenvalue weighted by Crippen LogP contribution is -2.63. The number of hydrogen-bond acceptors (Lipinski definition) is 5. The van der Waals surface area contributed by atoms with Gasteiger partial charge in [-0.3, -0.25) is 9.59 Å². The average molecular weight is 498 g/mol. The maximum Gasteiger partial charge on any atom is 0.316 e. The second-order valence-corrected chi connectivity index (χ2v) is 8.89. The predicted molar refractivity (Wildman–Crippen MR) is 136 cm³/mol. The summed E-state index contributed by atoms with van der Waals surface area (Å²) in [6.45, 7) is -0.235. The molecule has 0 aliphatic heterocycles. The highest BCUT2D eigenvalue weighted by atomic mass is 16.2. The van der Waals surface area contributed by atoms with Gasteiger partial charge in [0.2, 0.25) is 5.91 Å². The van der Waals surface area contributed by atoms with E-state index in [0.29, 0.717) is 10.9 Å². The number of hydrogen-bond donors (Lipinski definition) is 5. The van der Waals surface area contributed by atoms with E-state index >= 15 is 0 Å². The van der Waals surface area contributed by atoms with Gasteiger partial charge in [0.1, 0.15) is 6.42 Å². The topological polar surface area (TPSA) is 163 Å². The molecule has 0 spiro atoms. The molecular formula is C27H27N7O3. The number of fused-ring (bicyclic) bond motifs is 1. The molecule has 10 heteroatoms. The minimum absolute atomic E-state index is 0.0631. The number of nitrogens with zero attached hydrogens (tertiary/aromatic N) is 2. The summed E-state index contributed by atoms with van der Waals surface area (Å²) in [4.78, 5) is 42.3. The number of carbonyl (C=O) groups excluding carboxylic acids is 3. The highest BCUT2D eigenvalue weighted by molar-refractivity contribution is 5.98. The number of H-pyrrole nitrogens is 1. The van der Waals surface area contributed by atoms with Crippen molar-refractivity contribution in [1.29, 1.82) is 10.5 Å². The van der Waals surface area contributed by atoms with Gasteiger partial charge in [-0.1, -0.05) is 48.5 Å². The zero-order valence-electron chi connectivity index (χ0n) is 20.1. The van der Waals surface area contributed by atoms with Gasteiger partial charge in [0, 0.05) is 41.2 Å². The van der Waals surface area contributed by atoms with Crippen LogP contribution in [0.5, 0.6) is 0 Å². The van der Waals surface area contributed by atoms with Crippen molar-refractivity contribution < 1.29 is 14.4 Å². The molecule has 3 atom stereocenters. The van der Waals surface area contributed by atoms with Gasteiger partial charge in [-0.05, 0) is 18.1 Å². The van der Waals surface area contributed by atoms with E-state index in [2.05, 4.69) is 26.3 Å². The molecule has 1 fully saturated rings. The Labute approximate surface area is 214 Å². The van der Waals surface area contributed by atoms with Crippen LogP contribution in [0.2, 0.25) is 0 Å². The molecule has 0 bridgehead atoms. The first kappa shape index (κ1) is 25.3. The maximum atomic E-state index is 13.7. The number of aromatic nitrogens is 1. The molecule has 0 radical (unpaired) electrons. The summed E-state index contributed by atoms with van der Waals surface area (Å²) in [6, 6.07) is 20.2. The third-order valence-electron chi connectivity index (χ3n) is 6.41. The molecule has 1 aliphatic rings. The Bertz CT molecular complexity index is 1370. The van der Waals surface area contributed by atoms with Crippen molar-refractivity contribution in [2.45, 2.75) is 36.8 Å². The van der Waals surface area contributed by atoms with Gasteiger partial charge in [0.15, 0.2) is 5.54 Å². The monoisotopic (exact) mass is 497 g/mol. The van der Waals surface area contributed by atoms with Gasteiger partial charge in [0.25, 0.3) is 5.91 Å². The molecule has 1 heterocycles. The molecule has 3 aromatic rings. The molecule has 4 amide bonds. The molecule has 10 nitrogen and oxygen atoms in total. The predicted octanol–water partition coefficient (Wildman–Crippen LogP) is 2.28. The van der Waals surface area contributed by atoms with Crippen molar-refractivity contribution in [3.8, 4) is 12.1 Å². The first-order valence-corrected chi connectivity index (χ1v) is 12.0. The normalized spacial score (nSPS) is 17.5. The third kappa shape index (κ3) is 5.71. The Morgan fingerprint density at radius 1 is 1.00 bits per heavy atom. The van der Waals surface area contributed by atoms with Crippen molar-refractivity contribution >= 4 is 28.7 Å². The Morgan fingerprint density at radius 3 is 2.51 bits per heavy atom. The van der Waals surface area contributed by atoms with E-state index in [0.717, 1.165) is 17.5 Å². The van der Waals surface area contributed by atoms with Crippen molar-refractivity contribution in [2.75, 3.05) is 13.1 Å². The molecule has 1 aromatic heterocycles. The molecule has 1 aliphatic carbocycles. The van der Waals surface area contributed by atoms with Crippen LogP contribution < -0.4 is 21.3 Å². The van der Waals surface area contributed by atoms with Crippen LogP contribution in [0.3, 0.4) is 0 Å². The van der Waals surface area contributed by atoms with E-state index in [1.54, 1.807) is 18.3 Å². The number of nitriles is 2. The maximum absolute atomic E-state index is 13.7. The third-order valence-corrected chi connectivity index (χ3v) is 6.41. The Balaban J connectivity index is 1.65. The van der Waals surface area contributed by atoms with Gasteiger partial charge in [0.05, 0.1) is 25.1 Å². The van der Waals surface area contributed by atoms with E-state index < -0.39 is 29.8 Å². The molecule has 4 rings (SSSR count). The second kappa shape index (κ2) is 11.3. The lowest BCUT2D eigenvalue weighted by molar-refractivity contribution is -0.128. The molecule has 0 saturated heterocycles. The Morgan fingerprint density at radius 2 is 1.76 bits per heavy atom. The molecule has 37 heavy (non-hydrogen) atoms. The van der Waals surface area contributed by atoms with Crippen LogP contribution in [0.25, 0.3) is 10.9 Å². The molecule has 1 saturated carbocycles. The SMILES string of the molecule is N#CCCNC(=O)C(CNC(=O)CC#N)(NC(=O)NC1CC1c1ccccc1)c1c[nH]c2ccccc12. The van der Waals surface area contributed by atoms with Gasteiger partial charge >= 0.3 is 6.03 Å². The zero-order valence-corrected chi connectivity index (χ0v) is 20.1. The van der Waals surface area contributed by atoms with Crippen molar-refractivity contribution in [2.24, 2.45) is 0 Å². The summed E-state index contributed by atoms with van der Waals surface area (Å²) in [7, 11) is 0. The molecule has 188 valence electrons. The summed E-state index contributed by atoms with van der Waals surface area (Å²) >= 11 is 0. The van der Waals surface area contributed by atoms with Crippen LogP contribution in [0.15, 0.2) is 60.8 Å². The number of carbonyl (C=O) groups is 3. The first-order valence-electron chi connectivity index (χ1n) is 12.0. The summed E-state index contributed by atoms with van der Waals surface area (Å²) in [5.41, 5.74) is 0.583. The summed E-state index contributed by atoms with van der Waals surface area (Å²) in [5.74, 6) is -0.991. The molecule has 5 N–H and O–H groups in total. The lowest BCUT2D eigenvalue weighted by Gasteiger charge is -2.33. The van der Waals surface area contributed by atoms with E-state index in [1.807, 2.05) is 54.6 Å². The molecular weight excluding hydrogens is 470 g/mol. The largest absolute Gasteiger partial charge is 0.361 e. The van der Waals surface area contributed by atoms with E-state index in [-0.39, 0.29) is 31.5 Å². The van der Waals surface area contributed by atoms with Gasteiger partial charge in [-0.2, -0.15) is 10.5 Å². The van der Waals surface area contributed by atoms with E-state index in [1.165, 1.54) is 0 Å². The first-order chi connectivity index (χ1) is 18.0. The smallest absolute Gasteiger partial charge is 0.316 e. The summed E-state index contributed by atoms with van der Waals surface area (Å²) < 4.78 is 0. The van der Waals surface area contributed by atoms with Crippen molar-refractivity contribution in [3.63, 3.8) is 0 Å². The van der Waals surface area contributed by atoms with Crippen LogP contribution in [0.4, 0.5) is 4.79 Å². The number of rotatable bonds is 10. The number of amides is 4. The minimum Gasteiger partial charge on any atom is -0.361 e. The number of benzene rings is 2. The van der Waals surface area contributed by atoms with Crippen LogP contribution in [-0.2, 0) is 15.1 Å². The number of urea groups is 1. The van der Waals surface area contributed by atoms with Gasteiger partial charge in [-0.25, -0.2) is 4.79 Å². The zero-order chi connectivity index (χ0) is 26.3. The number of para-hydroxylation sites is 1. The van der Waals surface area contributed by atoms with Crippen molar-refractivity contribution in [1.82, 2.24) is 26.3 Å². The summed E-state index contributed by atoms with van der Waals surface area (Å²) in [5, 5.41) is 29.6. The van der Waals surface area contributed by atoms with Crippen LogP contribution >= 0.6 is 0 Å². The second-order valence-electron chi connectivity index (χ2n) is 8.89. The van der Waals surface area contributed by atoms with Crippen LogP contribution in [0.1, 0.15) is 36.3 Å². The molecule has 2 aromatic carbocycles. The lowest BCUT2D eigenvalue weighted by atomic mass is 9.87. The number of aromatic amines is 1. The number of nitrogens with one attached hydrogen (secondary N) is 5. The fraction of sp³-hybridized carbons (Fsp3) is 0.296. The van der Waals surface area contributed by atoms with Gasteiger partial charge < -0.3 is 26.3 Å². The minimum atomic E-state index is -1.72. The Kier molecular flexibility index (Phi) is 7.70. The van der Waals surface area contributed by atoms with Crippen LogP contribution in [-0.4, -0.2) is 42.0 Å². The highest BCUT2D eigenvalue weighted by Crippen LogP contribution is 2.40. The summed E-state index contributed by atoms with van der Waals surface area (Å²) in [6.07, 6.45) is 2.07. The van der Waals surface area contributed by atoms with Gasteiger partial charge in [-0.15, -0.1) is 0 Å². The Hall–Kier alpha value is -4.83. The fourth-order valence-electron chi connectivity index (χ4n) is 4.46. The van der Waals surface area contributed by atoms with Crippen LogP contribution in [0, 0.1) is 22.7 Å². The fourth-order valence-corrected chi connectivity index (χ4v) is 4.46. The van der Waals surface area contributed by atoms with Crippen molar-refractivity contribution in [3.05, 3.63) is 71.9 Å². The average Bonchev–Trinajstić information content (AvgIpc) is 3.53. The quantitative estimate of drug-likeness (QED) is 0.271. The highest BCUT2D eigenvalue weighted by Gasteiger charge is 2.46. The molecule has 3 unspecified atom stereocenters.